The number of amides is 1. The van der Waals surface area contributed by atoms with Crippen LogP contribution in [0.1, 0.15) is 50.5 Å². The highest BCUT2D eigenvalue weighted by molar-refractivity contribution is 7.89. The molecule has 8 heteroatoms. The minimum absolute atomic E-state index is 0. The lowest BCUT2D eigenvalue weighted by Crippen LogP contribution is -2.53. The third-order valence-corrected chi connectivity index (χ3v) is 7.45. The highest BCUT2D eigenvalue weighted by atomic mass is 35.5. The van der Waals surface area contributed by atoms with E-state index in [-0.39, 0.29) is 18.3 Å². The number of nitrogens with zero attached hydrogens (tertiary/aromatic N) is 2. The van der Waals surface area contributed by atoms with Crippen LogP contribution in [0.2, 0.25) is 0 Å². The van der Waals surface area contributed by atoms with Crippen LogP contribution in [0.3, 0.4) is 0 Å². The van der Waals surface area contributed by atoms with Gasteiger partial charge in [-0.3, -0.25) is 4.79 Å². The van der Waals surface area contributed by atoms with Crippen molar-refractivity contribution in [3.05, 3.63) is 29.8 Å². The number of carbonyl (C=O) groups is 1. The van der Waals surface area contributed by atoms with Crippen molar-refractivity contribution in [2.45, 2.75) is 55.9 Å². The molecule has 6 nitrogen and oxygen atoms in total. The molecule has 1 aromatic rings. The smallest absolute Gasteiger partial charge is 0.243 e. The molecule has 1 aromatic carbocycles. The molecule has 152 valence electrons. The van der Waals surface area contributed by atoms with Gasteiger partial charge in [0.15, 0.2) is 0 Å². The molecule has 3 rings (SSSR count). The van der Waals surface area contributed by atoms with E-state index in [1.807, 2.05) is 12.1 Å². The van der Waals surface area contributed by atoms with Crippen LogP contribution >= 0.6 is 12.4 Å². The largest absolute Gasteiger partial charge is 0.339 e. The van der Waals surface area contributed by atoms with E-state index in [1.165, 1.54) is 42.0 Å². The number of hydrogen-bond donors (Lipinski definition) is 1. The fourth-order valence-corrected chi connectivity index (χ4v) is 5.36. The average molecular weight is 416 g/mol. The van der Waals surface area contributed by atoms with Gasteiger partial charge < -0.3 is 10.6 Å². The quantitative estimate of drug-likeness (QED) is 0.817. The second-order valence-corrected chi connectivity index (χ2v) is 9.36. The normalized spacial score (nSPS) is 20.7. The van der Waals surface area contributed by atoms with Crippen LogP contribution in [0.5, 0.6) is 0 Å². The van der Waals surface area contributed by atoms with Gasteiger partial charge in [-0.05, 0) is 43.4 Å². The van der Waals surface area contributed by atoms with Crippen molar-refractivity contribution in [2.75, 3.05) is 26.2 Å². The molecular formula is C19H30ClN3O3S. The highest BCUT2D eigenvalue weighted by Gasteiger charge is 2.31. The summed E-state index contributed by atoms with van der Waals surface area (Å²) in [4.78, 5) is 13.9. The third-order valence-electron chi connectivity index (χ3n) is 5.53. The lowest BCUT2D eigenvalue weighted by Gasteiger charge is -2.34. The summed E-state index contributed by atoms with van der Waals surface area (Å²) in [5, 5.41) is 0. The first-order chi connectivity index (χ1) is 12.4. The fourth-order valence-electron chi connectivity index (χ4n) is 3.93. The third kappa shape index (κ3) is 5.02. The summed E-state index contributed by atoms with van der Waals surface area (Å²) >= 11 is 0. The average Bonchev–Trinajstić information content (AvgIpc) is 2.68. The van der Waals surface area contributed by atoms with Crippen LogP contribution in [0.4, 0.5) is 0 Å². The number of carbonyl (C=O) groups excluding carboxylic acids is 1. The maximum Gasteiger partial charge on any atom is 0.243 e. The molecule has 27 heavy (non-hydrogen) atoms. The second kappa shape index (κ2) is 9.37. The van der Waals surface area contributed by atoms with Crippen LogP contribution in [-0.4, -0.2) is 55.8 Å². The SMILES string of the molecule is C[C@H](N)C(=O)N1CCN(S(=O)(=O)c2ccc(C3CCCCC3)cc2)CC1.Cl. The Kier molecular flexibility index (Phi) is 7.68. The Hall–Kier alpha value is -1.15. The van der Waals surface area contributed by atoms with Crippen LogP contribution in [0.25, 0.3) is 0 Å². The van der Waals surface area contributed by atoms with E-state index in [9.17, 15) is 13.2 Å². The van der Waals surface area contributed by atoms with E-state index in [1.54, 1.807) is 24.0 Å². The zero-order valence-electron chi connectivity index (χ0n) is 15.8. The van der Waals surface area contributed by atoms with Gasteiger partial charge in [-0.2, -0.15) is 4.31 Å². The number of nitrogens with two attached hydrogens (primary N) is 1. The Morgan fingerprint density at radius 3 is 2.11 bits per heavy atom. The van der Waals surface area contributed by atoms with E-state index in [0.29, 0.717) is 37.0 Å². The van der Waals surface area contributed by atoms with Gasteiger partial charge in [-0.15, -0.1) is 12.4 Å². The van der Waals surface area contributed by atoms with E-state index < -0.39 is 16.1 Å². The lowest BCUT2D eigenvalue weighted by atomic mass is 9.84. The molecule has 1 amide bonds. The molecular weight excluding hydrogens is 386 g/mol. The van der Waals surface area contributed by atoms with Gasteiger partial charge in [0.1, 0.15) is 0 Å². The fraction of sp³-hybridized carbons (Fsp3) is 0.632. The van der Waals surface area contributed by atoms with Crippen molar-refractivity contribution in [2.24, 2.45) is 5.73 Å². The summed E-state index contributed by atoms with van der Waals surface area (Å²) in [6, 6.07) is 6.86. The maximum absolute atomic E-state index is 12.9. The molecule has 1 aliphatic heterocycles. The zero-order chi connectivity index (χ0) is 18.7. The molecule has 0 spiro atoms. The molecule has 1 atom stereocenters. The highest BCUT2D eigenvalue weighted by Crippen LogP contribution is 2.33. The maximum atomic E-state index is 12.9. The van der Waals surface area contributed by atoms with Crippen LogP contribution < -0.4 is 5.73 Å². The van der Waals surface area contributed by atoms with Gasteiger partial charge in [0.2, 0.25) is 15.9 Å². The van der Waals surface area contributed by atoms with E-state index in [4.69, 9.17) is 5.73 Å². The van der Waals surface area contributed by atoms with Gasteiger partial charge in [0.25, 0.3) is 0 Å². The predicted octanol–water partition coefficient (Wildman–Crippen LogP) is 2.34. The van der Waals surface area contributed by atoms with Crippen LogP contribution in [0.15, 0.2) is 29.2 Å². The van der Waals surface area contributed by atoms with Gasteiger partial charge in [-0.1, -0.05) is 31.4 Å². The number of rotatable bonds is 4. The number of benzene rings is 1. The molecule has 2 N–H and O–H groups in total. The first-order valence-corrected chi connectivity index (χ1v) is 11.0. The molecule has 2 fully saturated rings. The van der Waals surface area contributed by atoms with Crippen LogP contribution in [-0.2, 0) is 14.8 Å². The minimum Gasteiger partial charge on any atom is -0.339 e. The Balaban J connectivity index is 0.00000261. The van der Waals surface area contributed by atoms with Gasteiger partial charge in [0, 0.05) is 26.2 Å². The predicted molar refractivity (Wildman–Crippen MR) is 109 cm³/mol. The van der Waals surface area contributed by atoms with Crippen molar-refractivity contribution >= 4 is 28.3 Å². The molecule has 1 heterocycles. The van der Waals surface area contributed by atoms with Crippen molar-refractivity contribution in [3.8, 4) is 0 Å². The molecule has 2 aliphatic rings. The molecule has 0 aromatic heterocycles. The van der Waals surface area contributed by atoms with Crippen LogP contribution in [0, 0.1) is 0 Å². The van der Waals surface area contributed by atoms with Crippen molar-refractivity contribution in [1.29, 1.82) is 0 Å². The van der Waals surface area contributed by atoms with Crippen molar-refractivity contribution < 1.29 is 13.2 Å². The van der Waals surface area contributed by atoms with Gasteiger partial charge in [-0.25, -0.2) is 8.42 Å². The van der Waals surface area contributed by atoms with Gasteiger partial charge in [0.05, 0.1) is 10.9 Å². The van der Waals surface area contributed by atoms with E-state index in [0.717, 1.165) is 0 Å². The van der Waals surface area contributed by atoms with Gasteiger partial charge >= 0.3 is 0 Å². The summed E-state index contributed by atoms with van der Waals surface area (Å²) in [6.07, 6.45) is 6.22. The number of hydrogen-bond acceptors (Lipinski definition) is 4. The van der Waals surface area contributed by atoms with Crippen molar-refractivity contribution in [3.63, 3.8) is 0 Å². The second-order valence-electron chi connectivity index (χ2n) is 7.42. The lowest BCUT2D eigenvalue weighted by molar-refractivity contribution is -0.133. The molecule has 0 bridgehead atoms. The zero-order valence-corrected chi connectivity index (χ0v) is 17.5. The molecule has 1 saturated carbocycles. The monoisotopic (exact) mass is 415 g/mol. The number of sulfonamides is 1. The molecule has 0 unspecified atom stereocenters. The number of halogens is 1. The number of piperazine rings is 1. The molecule has 0 radical (unpaired) electrons. The van der Waals surface area contributed by atoms with Crippen molar-refractivity contribution in [1.82, 2.24) is 9.21 Å². The van der Waals surface area contributed by atoms with E-state index in [2.05, 4.69) is 0 Å². The first-order valence-electron chi connectivity index (χ1n) is 9.54. The topological polar surface area (TPSA) is 83.7 Å². The summed E-state index contributed by atoms with van der Waals surface area (Å²) in [5.41, 5.74) is 6.88. The standard InChI is InChI=1S/C19H29N3O3S.ClH/c1-15(20)19(23)21-11-13-22(14-12-21)26(24,25)18-9-7-17(8-10-18)16-5-3-2-4-6-16;/h7-10,15-16H,2-6,11-14,20H2,1H3;1H/t15-;/m0./s1. The summed E-state index contributed by atoms with van der Waals surface area (Å²) in [6.45, 7) is 3.05. The first kappa shape index (κ1) is 22.1. The Labute approximate surface area is 168 Å². The minimum atomic E-state index is -3.51. The molecule has 1 aliphatic carbocycles. The Morgan fingerprint density at radius 2 is 1.59 bits per heavy atom. The molecule has 1 saturated heterocycles. The van der Waals surface area contributed by atoms with E-state index >= 15 is 0 Å². The Morgan fingerprint density at radius 1 is 1.04 bits per heavy atom. The summed E-state index contributed by atoms with van der Waals surface area (Å²) in [5.74, 6) is 0.437. The summed E-state index contributed by atoms with van der Waals surface area (Å²) < 4.78 is 27.2. The Bertz CT molecular complexity index is 723. The summed E-state index contributed by atoms with van der Waals surface area (Å²) in [7, 11) is -3.51.